The number of nitrogens with one attached hydrogen (secondary N) is 1. The Kier molecular flexibility index (Phi) is 6.45. The number of anilines is 2. The van der Waals surface area contributed by atoms with Crippen molar-refractivity contribution in [1.82, 2.24) is 10.2 Å². The van der Waals surface area contributed by atoms with Gasteiger partial charge in [-0.15, -0.1) is 5.10 Å². The Hall–Kier alpha value is -4.06. The van der Waals surface area contributed by atoms with Crippen LogP contribution in [0.25, 0.3) is 0 Å². The number of ether oxygens (including phenoxy) is 1. The van der Waals surface area contributed by atoms with Gasteiger partial charge in [0.2, 0.25) is 0 Å². The van der Waals surface area contributed by atoms with E-state index >= 15 is 0 Å². The number of aromatic nitrogens is 2. The third-order valence-electron chi connectivity index (χ3n) is 5.37. The van der Waals surface area contributed by atoms with Crippen molar-refractivity contribution < 1.29 is 18.3 Å². The highest BCUT2D eigenvalue weighted by Gasteiger charge is 2.24. The van der Waals surface area contributed by atoms with E-state index < -0.39 is 17.5 Å². The maximum atomic E-state index is 13.9. The molecule has 1 aromatic heterocycles. The summed E-state index contributed by atoms with van der Waals surface area (Å²) in [7, 11) is 0. The second-order valence-electron chi connectivity index (χ2n) is 7.74. The van der Waals surface area contributed by atoms with Gasteiger partial charge in [-0.05, 0) is 49.4 Å². The molecule has 168 valence electrons. The van der Waals surface area contributed by atoms with Crippen LogP contribution in [0.5, 0.6) is 5.75 Å². The lowest BCUT2D eigenvalue weighted by atomic mass is 10.1. The highest BCUT2D eigenvalue weighted by Crippen LogP contribution is 2.31. The predicted molar refractivity (Wildman–Crippen MR) is 118 cm³/mol. The first kappa shape index (κ1) is 22.1. The summed E-state index contributed by atoms with van der Waals surface area (Å²) in [5, 5.41) is 19.9. The smallest absolute Gasteiger partial charge is 0.276 e. The number of aryl methyl sites for hydroxylation is 1. The minimum absolute atomic E-state index is 0.0281. The Balaban J connectivity index is 1.47. The molecule has 0 atom stereocenters. The molecule has 9 heteroatoms. The zero-order valence-electron chi connectivity index (χ0n) is 17.9. The second kappa shape index (κ2) is 9.61. The molecule has 4 rings (SSSR count). The third kappa shape index (κ3) is 5.23. The van der Waals surface area contributed by atoms with Crippen LogP contribution in [-0.2, 0) is 0 Å². The molecule has 2 heterocycles. The summed E-state index contributed by atoms with van der Waals surface area (Å²) in [5.41, 5.74) is 2.53. The summed E-state index contributed by atoms with van der Waals surface area (Å²) in [6.07, 6.45) is 0.988. The predicted octanol–water partition coefficient (Wildman–Crippen LogP) is 4.24. The van der Waals surface area contributed by atoms with E-state index in [0.717, 1.165) is 17.8 Å². The summed E-state index contributed by atoms with van der Waals surface area (Å²) in [6, 6.07) is 13.7. The van der Waals surface area contributed by atoms with Crippen LogP contribution < -0.4 is 15.0 Å². The largest absolute Gasteiger partial charge is 0.487 e. The zero-order chi connectivity index (χ0) is 23.4. The number of benzene rings is 2. The number of piperidine rings is 1. The Morgan fingerprint density at radius 3 is 2.58 bits per heavy atom. The van der Waals surface area contributed by atoms with Gasteiger partial charge in [-0.25, -0.2) is 8.78 Å². The summed E-state index contributed by atoms with van der Waals surface area (Å²) in [4.78, 5) is 14.7. The van der Waals surface area contributed by atoms with E-state index in [1.54, 1.807) is 37.3 Å². The number of carbonyl (C=O) groups excluding carboxylic acids is 1. The summed E-state index contributed by atoms with van der Waals surface area (Å²) < 4.78 is 32.7. The third-order valence-corrected chi connectivity index (χ3v) is 5.37. The lowest BCUT2D eigenvalue weighted by molar-refractivity contribution is 0.102. The fourth-order valence-corrected chi connectivity index (χ4v) is 3.65. The number of amides is 1. The molecular weight excluding hydrogens is 428 g/mol. The Morgan fingerprint density at radius 1 is 1.12 bits per heavy atom. The fourth-order valence-electron chi connectivity index (χ4n) is 3.65. The molecule has 0 spiro atoms. The normalized spacial score (nSPS) is 13.9. The van der Waals surface area contributed by atoms with Gasteiger partial charge in [0.1, 0.15) is 11.9 Å². The van der Waals surface area contributed by atoms with Crippen molar-refractivity contribution in [2.24, 2.45) is 0 Å². The van der Waals surface area contributed by atoms with Crippen LogP contribution in [0.3, 0.4) is 0 Å². The van der Waals surface area contributed by atoms with Crippen molar-refractivity contribution in [3.8, 4) is 11.8 Å². The van der Waals surface area contributed by atoms with E-state index in [0.29, 0.717) is 42.9 Å². The Bertz CT molecular complexity index is 1200. The number of nitrogens with zero attached hydrogens (tertiary/aromatic N) is 4. The molecule has 1 saturated heterocycles. The zero-order valence-corrected chi connectivity index (χ0v) is 17.9. The topological polar surface area (TPSA) is 91.1 Å². The minimum atomic E-state index is -0.728. The van der Waals surface area contributed by atoms with E-state index in [-0.39, 0.29) is 17.5 Å². The quantitative estimate of drug-likeness (QED) is 0.627. The van der Waals surface area contributed by atoms with Crippen molar-refractivity contribution in [2.45, 2.75) is 25.9 Å². The van der Waals surface area contributed by atoms with Crippen LogP contribution in [0.1, 0.15) is 34.6 Å². The monoisotopic (exact) mass is 449 g/mol. The van der Waals surface area contributed by atoms with Crippen LogP contribution in [0, 0.1) is 29.9 Å². The minimum Gasteiger partial charge on any atom is -0.487 e. The van der Waals surface area contributed by atoms with E-state index in [1.807, 2.05) is 0 Å². The lowest BCUT2D eigenvalue weighted by Gasteiger charge is -2.34. The molecular formula is C24H21F2N5O2. The standard InChI is InChI=1S/C24H21F2N5O2/c1-15-2-5-20(30-29-15)24(32)28-21-12-16(14-27)3-6-22(21)31-10-8-18(9-11-31)33-23-7-4-17(25)13-19(23)26/h2-7,12-13,18H,8-11H2,1H3,(H,28,32). The van der Waals surface area contributed by atoms with Gasteiger partial charge in [-0.3, -0.25) is 4.79 Å². The second-order valence-corrected chi connectivity index (χ2v) is 7.74. The first-order valence-electron chi connectivity index (χ1n) is 10.5. The van der Waals surface area contributed by atoms with Gasteiger partial charge in [0.05, 0.1) is 28.7 Å². The van der Waals surface area contributed by atoms with Crippen molar-refractivity contribution in [3.63, 3.8) is 0 Å². The number of hydrogen-bond acceptors (Lipinski definition) is 6. The van der Waals surface area contributed by atoms with Crippen LogP contribution in [0.15, 0.2) is 48.5 Å². The summed E-state index contributed by atoms with van der Waals surface area (Å²) in [6.45, 7) is 2.96. The molecule has 1 fully saturated rings. The van der Waals surface area contributed by atoms with Crippen LogP contribution >= 0.6 is 0 Å². The van der Waals surface area contributed by atoms with Gasteiger partial charge in [-0.1, -0.05) is 0 Å². The lowest BCUT2D eigenvalue weighted by Crippen LogP contribution is -2.38. The molecule has 0 bridgehead atoms. The van der Waals surface area contributed by atoms with Gasteiger partial charge in [0.15, 0.2) is 17.3 Å². The molecule has 1 aliphatic heterocycles. The van der Waals surface area contributed by atoms with Gasteiger partial charge in [0, 0.05) is 32.0 Å². The first-order chi connectivity index (χ1) is 15.9. The van der Waals surface area contributed by atoms with Crippen molar-refractivity contribution >= 4 is 17.3 Å². The van der Waals surface area contributed by atoms with Gasteiger partial charge in [-0.2, -0.15) is 10.4 Å². The van der Waals surface area contributed by atoms with Crippen LogP contribution in [0.4, 0.5) is 20.2 Å². The number of carbonyl (C=O) groups is 1. The average Bonchev–Trinajstić information content (AvgIpc) is 2.82. The van der Waals surface area contributed by atoms with Gasteiger partial charge < -0.3 is 15.0 Å². The summed E-state index contributed by atoms with van der Waals surface area (Å²) >= 11 is 0. The molecule has 1 amide bonds. The van der Waals surface area contributed by atoms with E-state index in [2.05, 4.69) is 26.5 Å². The molecule has 0 unspecified atom stereocenters. The van der Waals surface area contributed by atoms with Crippen molar-refractivity contribution in [3.05, 3.63) is 77.1 Å². The Morgan fingerprint density at radius 2 is 1.91 bits per heavy atom. The highest BCUT2D eigenvalue weighted by molar-refractivity contribution is 6.04. The molecule has 7 nitrogen and oxygen atoms in total. The Labute approximate surface area is 189 Å². The van der Waals surface area contributed by atoms with E-state index in [9.17, 15) is 18.8 Å². The number of halogens is 2. The molecule has 0 radical (unpaired) electrons. The number of hydrogen-bond donors (Lipinski definition) is 1. The number of nitriles is 1. The fraction of sp³-hybridized carbons (Fsp3) is 0.250. The van der Waals surface area contributed by atoms with Crippen LogP contribution in [0.2, 0.25) is 0 Å². The van der Waals surface area contributed by atoms with Crippen molar-refractivity contribution in [2.75, 3.05) is 23.3 Å². The van der Waals surface area contributed by atoms with Crippen LogP contribution in [-0.4, -0.2) is 35.3 Å². The molecule has 1 aliphatic rings. The maximum absolute atomic E-state index is 13.9. The number of rotatable bonds is 5. The molecule has 33 heavy (non-hydrogen) atoms. The SMILES string of the molecule is Cc1ccc(C(=O)Nc2cc(C#N)ccc2N2CCC(Oc3ccc(F)cc3F)CC2)nn1. The summed E-state index contributed by atoms with van der Waals surface area (Å²) in [5.74, 6) is -1.78. The molecule has 1 N–H and O–H groups in total. The first-order valence-corrected chi connectivity index (χ1v) is 10.5. The molecule has 0 aliphatic carbocycles. The van der Waals surface area contributed by atoms with Crippen molar-refractivity contribution in [1.29, 1.82) is 5.26 Å². The maximum Gasteiger partial charge on any atom is 0.276 e. The average molecular weight is 449 g/mol. The van der Waals surface area contributed by atoms with E-state index in [1.165, 1.54) is 6.07 Å². The van der Waals surface area contributed by atoms with E-state index in [4.69, 9.17) is 4.74 Å². The molecule has 3 aromatic rings. The van der Waals surface area contributed by atoms with Gasteiger partial charge in [0.25, 0.3) is 5.91 Å². The highest BCUT2D eigenvalue weighted by atomic mass is 19.1. The molecule has 0 saturated carbocycles. The molecule has 2 aromatic carbocycles. The van der Waals surface area contributed by atoms with Gasteiger partial charge >= 0.3 is 0 Å².